The van der Waals surface area contributed by atoms with Crippen molar-refractivity contribution in [3.8, 4) is 5.75 Å². The maximum atomic E-state index is 5.55. The zero-order valence-corrected chi connectivity index (χ0v) is 13.0. The van der Waals surface area contributed by atoms with Crippen LogP contribution in [0.5, 0.6) is 5.75 Å². The van der Waals surface area contributed by atoms with Crippen LogP contribution in [-0.4, -0.2) is 25.2 Å². The zero-order chi connectivity index (χ0) is 12.3. The van der Waals surface area contributed by atoms with Gasteiger partial charge in [-0.15, -0.1) is 0 Å². The lowest BCUT2D eigenvalue weighted by Gasteiger charge is -2.28. The van der Waals surface area contributed by atoms with Gasteiger partial charge >= 0.3 is 0 Å². The number of halogens is 2. The van der Waals surface area contributed by atoms with E-state index in [-0.39, 0.29) is 0 Å². The fourth-order valence-electron chi connectivity index (χ4n) is 2.15. The molecule has 94 valence electrons. The standard InChI is InChI=1S/C13H16Br2O2/c1-16-13-3-2-11(14)7-9(13)6-10-8-17-5-4-12(10)15/h2-3,7,10,12H,4-6,8H2,1H3. The van der Waals surface area contributed by atoms with Crippen molar-refractivity contribution in [1.29, 1.82) is 0 Å². The van der Waals surface area contributed by atoms with Crippen LogP contribution in [0.25, 0.3) is 0 Å². The molecule has 1 aliphatic rings. The normalized spacial score (nSPS) is 24.6. The number of hydrogen-bond donors (Lipinski definition) is 0. The third-order valence-electron chi connectivity index (χ3n) is 3.11. The lowest BCUT2D eigenvalue weighted by Crippen LogP contribution is -2.29. The minimum absolute atomic E-state index is 0.520. The Kier molecular flexibility index (Phi) is 4.88. The third kappa shape index (κ3) is 3.46. The van der Waals surface area contributed by atoms with Gasteiger partial charge in [0.25, 0.3) is 0 Å². The van der Waals surface area contributed by atoms with E-state index in [1.165, 1.54) is 5.56 Å². The zero-order valence-electron chi connectivity index (χ0n) is 9.79. The summed E-state index contributed by atoms with van der Waals surface area (Å²) in [4.78, 5) is 0.542. The Morgan fingerprint density at radius 1 is 1.47 bits per heavy atom. The Bertz CT molecular complexity index is 382. The molecule has 1 aromatic rings. The van der Waals surface area contributed by atoms with Crippen LogP contribution in [-0.2, 0) is 11.2 Å². The number of ether oxygens (including phenoxy) is 2. The van der Waals surface area contributed by atoms with Crippen LogP contribution in [0.1, 0.15) is 12.0 Å². The molecule has 4 heteroatoms. The lowest BCUT2D eigenvalue weighted by molar-refractivity contribution is 0.0603. The molecule has 0 aliphatic carbocycles. The number of methoxy groups -OCH3 is 1. The minimum atomic E-state index is 0.520. The highest BCUT2D eigenvalue weighted by Crippen LogP contribution is 2.30. The Morgan fingerprint density at radius 3 is 3.00 bits per heavy atom. The van der Waals surface area contributed by atoms with E-state index in [1.54, 1.807) is 7.11 Å². The van der Waals surface area contributed by atoms with Crippen molar-refractivity contribution in [3.05, 3.63) is 28.2 Å². The molecule has 0 amide bonds. The third-order valence-corrected chi connectivity index (χ3v) is 4.80. The summed E-state index contributed by atoms with van der Waals surface area (Å²) in [5, 5.41) is 0. The predicted octanol–water partition coefficient (Wildman–Crippen LogP) is 3.80. The second kappa shape index (κ2) is 6.21. The largest absolute Gasteiger partial charge is 0.496 e. The molecule has 1 aliphatic heterocycles. The SMILES string of the molecule is COc1ccc(Br)cc1CC1COCCC1Br. The van der Waals surface area contributed by atoms with Crippen molar-refractivity contribution < 1.29 is 9.47 Å². The maximum Gasteiger partial charge on any atom is 0.122 e. The van der Waals surface area contributed by atoms with E-state index >= 15 is 0 Å². The molecule has 0 saturated carbocycles. The molecular formula is C13H16Br2O2. The van der Waals surface area contributed by atoms with E-state index in [2.05, 4.69) is 37.9 Å². The second-order valence-corrected chi connectivity index (χ2v) is 6.39. The number of benzene rings is 1. The highest BCUT2D eigenvalue weighted by molar-refractivity contribution is 9.10. The van der Waals surface area contributed by atoms with Crippen molar-refractivity contribution in [2.45, 2.75) is 17.7 Å². The number of hydrogen-bond acceptors (Lipinski definition) is 2. The van der Waals surface area contributed by atoms with E-state index in [1.807, 2.05) is 12.1 Å². The molecule has 1 heterocycles. The minimum Gasteiger partial charge on any atom is -0.496 e. The van der Waals surface area contributed by atoms with E-state index in [0.717, 1.165) is 36.3 Å². The van der Waals surface area contributed by atoms with Crippen LogP contribution in [0.3, 0.4) is 0 Å². The van der Waals surface area contributed by atoms with Crippen LogP contribution in [0, 0.1) is 5.92 Å². The topological polar surface area (TPSA) is 18.5 Å². The summed E-state index contributed by atoms with van der Waals surface area (Å²) in [7, 11) is 1.72. The molecule has 1 saturated heterocycles. The van der Waals surface area contributed by atoms with Crippen LogP contribution in [0.2, 0.25) is 0 Å². The Hall–Kier alpha value is -0.0600. The summed E-state index contributed by atoms with van der Waals surface area (Å²) in [5.41, 5.74) is 1.24. The molecule has 2 unspecified atom stereocenters. The highest BCUT2D eigenvalue weighted by Gasteiger charge is 2.24. The van der Waals surface area contributed by atoms with E-state index in [0.29, 0.717) is 10.7 Å². The van der Waals surface area contributed by atoms with E-state index in [4.69, 9.17) is 9.47 Å². The molecule has 0 radical (unpaired) electrons. The van der Waals surface area contributed by atoms with Crippen molar-refractivity contribution in [2.24, 2.45) is 5.92 Å². The summed E-state index contributed by atoms with van der Waals surface area (Å²) in [6.45, 7) is 1.69. The van der Waals surface area contributed by atoms with Crippen molar-refractivity contribution in [3.63, 3.8) is 0 Å². The highest BCUT2D eigenvalue weighted by atomic mass is 79.9. The van der Waals surface area contributed by atoms with E-state index < -0.39 is 0 Å². The fourth-order valence-corrected chi connectivity index (χ4v) is 3.08. The van der Waals surface area contributed by atoms with Crippen LogP contribution in [0.15, 0.2) is 22.7 Å². The monoisotopic (exact) mass is 362 g/mol. The Labute approximate surface area is 119 Å². The first-order valence-electron chi connectivity index (χ1n) is 5.75. The molecule has 2 nitrogen and oxygen atoms in total. The van der Waals surface area contributed by atoms with Gasteiger partial charge in [0.1, 0.15) is 5.75 Å². The average molecular weight is 364 g/mol. The van der Waals surface area contributed by atoms with Gasteiger partial charge < -0.3 is 9.47 Å². The first kappa shape index (κ1) is 13.4. The fraction of sp³-hybridized carbons (Fsp3) is 0.538. The number of alkyl halides is 1. The molecule has 2 rings (SSSR count). The first-order chi connectivity index (χ1) is 8.20. The second-order valence-electron chi connectivity index (χ2n) is 4.30. The Morgan fingerprint density at radius 2 is 2.29 bits per heavy atom. The van der Waals surface area contributed by atoms with Gasteiger partial charge in [-0.2, -0.15) is 0 Å². The van der Waals surface area contributed by atoms with Crippen molar-refractivity contribution in [2.75, 3.05) is 20.3 Å². The average Bonchev–Trinajstić information content (AvgIpc) is 2.32. The summed E-state index contributed by atoms with van der Waals surface area (Å²) in [6.07, 6.45) is 2.07. The van der Waals surface area contributed by atoms with Gasteiger partial charge in [-0.3, -0.25) is 0 Å². The molecule has 1 fully saturated rings. The van der Waals surface area contributed by atoms with Crippen LogP contribution < -0.4 is 4.74 Å². The van der Waals surface area contributed by atoms with Gasteiger partial charge in [-0.1, -0.05) is 31.9 Å². The van der Waals surface area contributed by atoms with Gasteiger partial charge in [0, 0.05) is 15.9 Å². The van der Waals surface area contributed by atoms with Crippen LogP contribution >= 0.6 is 31.9 Å². The molecule has 0 bridgehead atoms. The quantitative estimate of drug-likeness (QED) is 0.760. The van der Waals surface area contributed by atoms with Gasteiger partial charge in [0.2, 0.25) is 0 Å². The summed E-state index contributed by atoms with van der Waals surface area (Å²) < 4.78 is 12.0. The summed E-state index contributed by atoms with van der Waals surface area (Å²) in [6, 6.07) is 6.14. The molecule has 17 heavy (non-hydrogen) atoms. The summed E-state index contributed by atoms with van der Waals surface area (Å²) >= 11 is 7.25. The van der Waals surface area contributed by atoms with Gasteiger partial charge in [-0.25, -0.2) is 0 Å². The van der Waals surface area contributed by atoms with Crippen LogP contribution in [0.4, 0.5) is 0 Å². The maximum absolute atomic E-state index is 5.55. The van der Waals surface area contributed by atoms with Gasteiger partial charge in [0.05, 0.1) is 13.7 Å². The number of rotatable bonds is 3. The molecule has 0 N–H and O–H groups in total. The molecule has 2 atom stereocenters. The lowest BCUT2D eigenvalue weighted by atomic mass is 9.93. The summed E-state index contributed by atoms with van der Waals surface area (Å²) in [5.74, 6) is 1.48. The molecule has 1 aromatic carbocycles. The first-order valence-corrected chi connectivity index (χ1v) is 7.46. The van der Waals surface area contributed by atoms with Crippen molar-refractivity contribution in [1.82, 2.24) is 0 Å². The van der Waals surface area contributed by atoms with Gasteiger partial charge in [-0.05, 0) is 42.5 Å². The molecular weight excluding hydrogens is 348 g/mol. The molecule has 0 aromatic heterocycles. The predicted molar refractivity (Wildman–Crippen MR) is 76.0 cm³/mol. The van der Waals surface area contributed by atoms with E-state index in [9.17, 15) is 0 Å². The van der Waals surface area contributed by atoms with Crippen molar-refractivity contribution >= 4 is 31.9 Å². The smallest absolute Gasteiger partial charge is 0.122 e. The van der Waals surface area contributed by atoms with Gasteiger partial charge in [0.15, 0.2) is 0 Å². The molecule has 0 spiro atoms. The Balaban J connectivity index is 2.13.